The minimum atomic E-state index is -1.30. The van der Waals surface area contributed by atoms with Crippen LogP contribution in [0.3, 0.4) is 0 Å². The molecule has 0 aliphatic carbocycles. The second-order valence-corrected chi connectivity index (χ2v) is 10.5. The molecule has 10 aromatic rings. The molecular formula is C48H31NO. The molecule has 1 aromatic heterocycles. The molecule has 0 fully saturated rings. The average Bonchev–Trinajstić information content (AvgIpc) is 3.90. The van der Waals surface area contributed by atoms with Crippen LogP contribution in [0.1, 0.15) is 42.5 Å². The molecule has 0 aliphatic rings. The van der Waals surface area contributed by atoms with Crippen molar-refractivity contribution in [3.05, 3.63) is 187 Å². The van der Waals surface area contributed by atoms with Crippen molar-refractivity contribution in [2.45, 2.75) is 0 Å². The minimum absolute atomic E-state index is 0.369. The fourth-order valence-electron chi connectivity index (χ4n) is 5.42. The van der Waals surface area contributed by atoms with E-state index in [1.807, 2.05) is 0 Å². The zero-order valence-electron chi connectivity index (χ0n) is 55.9. The van der Waals surface area contributed by atoms with Gasteiger partial charge in [-0.1, -0.05) is 139 Å². The van der Waals surface area contributed by atoms with E-state index in [4.69, 9.17) is 25.0 Å². The molecule has 0 atom stereocenters. The van der Waals surface area contributed by atoms with E-state index in [1.165, 1.54) is 0 Å². The lowest BCUT2D eigenvalue weighted by Gasteiger charge is -2.27. The lowest BCUT2D eigenvalue weighted by atomic mass is 9.97. The summed E-state index contributed by atoms with van der Waals surface area (Å²) in [4.78, 5) is 0.369. The van der Waals surface area contributed by atoms with Crippen LogP contribution in [0.15, 0.2) is 192 Å². The van der Waals surface area contributed by atoms with Crippen molar-refractivity contribution in [3.8, 4) is 22.3 Å². The van der Waals surface area contributed by atoms with Crippen LogP contribution < -0.4 is 4.90 Å². The van der Waals surface area contributed by atoms with Gasteiger partial charge in [-0.2, -0.15) is 0 Å². The number of hydrogen-bond donors (Lipinski definition) is 0. The normalized spacial score (nSPS) is 20.3. The van der Waals surface area contributed by atoms with E-state index in [0.29, 0.717) is 4.90 Å². The van der Waals surface area contributed by atoms with Crippen molar-refractivity contribution in [1.82, 2.24) is 0 Å². The summed E-state index contributed by atoms with van der Waals surface area (Å²) in [7, 11) is 0. The minimum Gasteiger partial charge on any atom is -0.455 e. The van der Waals surface area contributed by atoms with Crippen LogP contribution in [0.5, 0.6) is 0 Å². The van der Waals surface area contributed by atoms with Gasteiger partial charge >= 0.3 is 0 Å². The Hall–Kier alpha value is -6.64. The van der Waals surface area contributed by atoms with Crippen molar-refractivity contribution >= 4 is 71.3 Å². The largest absolute Gasteiger partial charge is 0.455 e. The first kappa shape index (κ1) is 11.2. The number of nitrogens with zero attached hydrogens (tertiary/aromatic N) is 1. The molecule has 0 saturated carbocycles. The van der Waals surface area contributed by atoms with Gasteiger partial charge < -0.3 is 9.32 Å². The number of benzene rings is 9. The van der Waals surface area contributed by atoms with Crippen LogP contribution >= 0.6 is 0 Å². The number of furan rings is 1. The Morgan fingerprint density at radius 2 is 0.900 bits per heavy atom. The second-order valence-electron chi connectivity index (χ2n) is 10.5. The average molecular weight is 669 g/mol. The number of anilines is 3. The SMILES string of the molecule is [2H]c1c([2H])c([2H])c(-c2c([2H])c([2H])c(N(c3c([2H])c([2H])c(-c4c([2H])c([2H])c5c(c4[2H])c([2H])c([2H])c4c([2H])c([2H])c([2H])c([2H])c45)c([2H])c3[2H])c3c([2H])c([2H])c([2H])c4c3c([2H])c([2H])c3c4oc4c([2H])c([2H])c([2H])c([2H])c43)c([2H])c2[2H])c([2H])c1[2H]. The molecule has 1 heterocycles. The molecule has 10 rings (SSSR count). The zero-order chi connectivity index (χ0) is 60.0. The third kappa shape index (κ3) is 4.65. The van der Waals surface area contributed by atoms with Gasteiger partial charge in [0.15, 0.2) is 0 Å². The second kappa shape index (κ2) is 11.5. The van der Waals surface area contributed by atoms with Crippen molar-refractivity contribution < 1.29 is 46.9 Å². The van der Waals surface area contributed by atoms with Crippen molar-refractivity contribution in [2.75, 3.05) is 4.90 Å². The van der Waals surface area contributed by atoms with Crippen LogP contribution in [-0.4, -0.2) is 0 Å². The molecule has 0 N–H and O–H groups in total. The predicted octanol–water partition coefficient (Wildman–Crippen LogP) is 13.8. The molecule has 2 nitrogen and oxygen atoms in total. The van der Waals surface area contributed by atoms with Gasteiger partial charge in [-0.05, 0) is 92.1 Å². The molecule has 0 aliphatic heterocycles. The monoisotopic (exact) mass is 668 g/mol. The van der Waals surface area contributed by atoms with Gasteiger partial charge in [0.2, 0.25) is 0 Å². The molecule has 0 saturated heterocycles. The Morgan fingerprint density at radius 3 is 1.70 bits per heavy atom. The lowest BCUT2D eigenvalue weighted by Crippen LogP contribution is -2.10. The Bertz CT molecular complexity index is 4580. The maximum atomic E-state index is 9.70. The highest BCUT2D eigenvalue weighted by Gasteiger charge is 2.18. The molecule has 0 bridgehead atoms. The highest BCUT2D eigenvalue weighted by Crippen LogP contribution is 2.43. The standard InChI is InChI=1S/C48H31NO/c1-2-9-32(10-3-1)33-19-24-38(25-20-33)49(46-15-8-14-44-42(46)29-30-45-43-13-6-7-16-47(43)50-48(44)45)39-26-21-34(22-27-39)36-23-28-41-37(31-36)18-17-35-11-4-5-12-40(35)41/h1-31H/i1D,2D,3D,4D,5D,6D,7D,8D,9D,10D,11D,12D,13D,14D,15D,16D,17D,18D,19D,20D,21D,22D,23D,24D,25D,26D,27D,28D,29D,30D,31D. The number of para-hydroxylation sites is 1. The highest BCUT2D eigenvalue weighted by atomic mass is 16.3. The molecule has 0 amide bonds. The Morgan fingerprint density at radius 1 is 0.360 bits per heavy atom. The first-order valence-electron chi connectivity index (χ1n) is 30.1. The number of hydrogen-bond acceptors (Lipinski definition) is 2. The van der Waals surface area contributed by atoms with E-state index >= 15 is 0 Å². The molecule has 2 heteroatoms. The van der Waals surface area contributed by atoms with Gasteiger partial charge in [0.1, 0.15) is 11.2 Å². The molecule has 0 unspecified atom stereocenters. The van der Waals surface area contributed by atoms with Crippen LogP contribution in [0.2, 0.25) is 0 Å². The van der Waals surface area contributed by atoms with E-state index in [1.54, 1.807) is 0 Å². The third-order valence-electron chi connectivity index (χ3n) is 7.69. The zero-order valence-corrected chi connectivity index (χ0v) is 24.9. The summed E-state index contributed by atoms with van der Waals surface area (Å²) in [5.41, 5.74) is -8.21. The van der Waals surface area contributed by atoms with E-state index in [0.717, 1.165) is 0 Å². The van der Waals surface area contributed by atoms with E-state index in [9.17, 15) is 21.9 Å². The molecule has 0 spiro atoms. The molecule has 50 heavy (non-hydrogen) atoms. The quantitative estimate of drug-likeness (QED) is 0.170. The van der Waals surface area contributed by atoms with E-state index in [-0.39, 0.29) is 0 Å². The predicted molar refractivity (Wildman–Crippen MR) is 212 cm³/mol. The van der Waals surface area contributed by atoms with Gasteiger partial charge in [0, 0.05) is 32.9 Å². The Kier molecular flexibility index (Phi) is 2.58. The molecule has 234 valence electrons. The Labute approximate surface area is 333 Å². The first-order valence-corrected chi connectivity index (χ1v) is 14.6. The molecule has 9 aromatic carbocycles. The van der Waals surface area contributed by atoms with E-state index in [2.05, 4.69) is 0 Å². The number of rotatable bonds is 5. The summed E-state index contributed by atoms with van der Waals surface area (Å²) < 4.78 is 284. The smallest absolute Gasteiger partial charge is 0.143 e. The summed E-state index contributed by atoms with van der Waals surface area (Å²) in [6, 6.07) is -31.0. The first-order chi connectivity index (χ1) is 37.7. The van der Waals surface area contributed by atoms with Crippen LogP contribution in [0.4, 0.5) is 17.1 Å². The van der Waals surface area contributed by atoms with Crippen molar-refractivity contribution in [2.24, 2.45) is 0 Å². The van der Waals surface area contributed by atoms with Gasteiger partial charge in [0.25, 0.3) is 0 Å². The van der Waals surface area contributed by atoms with Crippen LogP contribution in [0, 0.1) is 0 Å². The van der Waals surface area contributed by atoms with Crippen LogP contribution in [0.25, 0.3) is 76.5 Å². The fourth-order valence-corrected chi connectivity index (χ4v) is 5.42. The van der Waals surface area contributed by atoms with E-state index < -0.39 is 281 Å². The van der Waals surface area contributed by atoms with Crippen molar-refractivity contribution in [1.29, 1.82) is 0 Å². The molecular weight excluding hydrogens is 607 g/mol. The maximum Gasteiger partial charge on any atom is 0.143 e. The number of fused-ring (bicyclic) bond motifs is 8. The summed E-state index contributed by atoms with van der Waals surface area (Å²) >= 11 is 0. The van der Waals surface area contributed by atoms with Gasteiger partial charge in [0.05, 0.1) is 48.2 Å². The summed E-state index contributed by atoms with van der Waals surface area (Å²) in [5.74, 6) is 0. The van der Waals surface area contributed by atoms with Crippen LogP contribution in [-0.2, 0) is 0 Å². The maximum absolute atomic E-state index is 9.70. The topological polar surface area (TPSA) is 16.4 Å². The summed E-state index contributed by atoms with van der Waals surface area (Å²) in [6.45, 7) is 0. The molecule has 0 radical (unpaired) electrons. The fraction of sp³-hybridized carbons (Fsp3) is 0. The third-order valence-corrected chi connectivity index (χ3v) is 7.69. The van der Waals surface area contributed by atoms with Gasteiger partial charge in [-0.3, -0.25) is 0 Å². The van der Waals surface area contributed by atoms with Crippen molar-refractivity contribution in [3.63, 3.8) is 0 Å². The summed E-state index contributed by atoms with van der Waals surface area (Å²) in [6.07, 6.45) is 0. The lowest BCUT2D eigenvalue weighted by molar-refractivity contribution is 0.672. The van der Waals surface area contributed by atoms with Gasteiger partial charge in [-0.15, -0.1) is 0 Å². The Balaban J connectivity index is 1.40. The van der Waals surface area contributed by atoms with Gasteiger partial charge in [-0.25, -0.2) is 0 Å². The highest BCUT2D eigenvalue weighted by molar-refractivity contribution is 6.17. The summed E-state index contributed by atoms with van der Waals surface area (Å²) in [5, 5.41) is -4.78.